The summed E-state index contributed by atoms with van der Waals surface area (Å²) >= 11 is 0. The van der Waals surface area contributed by atoms with Crippen LogP contribution in [0.2, 0.25) is 0 Å². The van der Waals surface area contributed by atoms with Crippen molar-refractivity contribution in [3.05, 3.63) is 83.9 Å². The van der Waals surface area contributed by atoms with E-state index in [1.165, 1.54) is 70.9 Å². The van der Waals surface area contributed by atoms with Crippen molar-refractivity contribution in [2.45, 2.75) is 154 Å². The molecule has 0 radical (unpaired) electrons. The molecule has 5 aliphatic rings. The Kier molecular flexibility index (Phi) is 26.2. The van der Waals surface area contributed by atoms with Gasteiger partial charge in [0, 0.05) is 30.4 Å². The summed E-state index contributed by atoms with van der Waals surface area (Å²) in [6, 6.07) is 11.9. The summed E-state index contributed by atoms with van der Waals surface area (Å²) in [5.41, 5.74) is 0.0931. The molecule has 20 N–H and O–H groups in total. The van der Waals surface area contributed by atoms with Crippen LogP contribution in [-0.2, 0) is 52.2 Å². The van der Waals surface area contributed by atoms with Gasteiger partial charge in [0.1, 0.15) is 152 Å². The minimum atomic E-state index is -2.22. The summed E-state index contributed by atoms with van der Waals surface area (Å²) in [4.78, 5) is 26.1. The maximum atomic E-state index is 13.2. The van der Waals surface area contributed by atoms with Crippen molar-refractivity contribution in [3.8, 4) is 74.6 Å². The highest BCUT2D eigenvalue weighted by Crippen LogP contribution is 2.45. The highest BCUT2D eigenvalue weighted by molar-refractivity contribution is 5.89. The van der Waals surface area contributed by atoms with E-state index in [0.29, 0.717) is 5.56 Å². The number of ether oxygens (including phenoxy) is 16. The number of rotatable bonds is 26. The van der Waals surface area contributed by atoms with Crippen LogP contribution in [0.4, 0.5) is 0 Å². The quantitative estimate of drug-likeness (QED) is 0.0140. The van der Waals surface area contributed by atoms with Crippen molar-refractivity contribution in [3.63, 3.8) is 0 Å². The van der Waals surface area contributed by atoms with Gasteiger partial charge in [0.2, 0.25) is 36.1 Å². The Morgan fingerprint density at radius 3 is 1.31 bits per heavy atom. The van der Waals surface area contributed by atoms with Gasteiger partial charge in [-0.15, -0.1) is 0 Å². The molecule has 39 nitrogen and oxygen atoms in total. The fourth-order valence-electron chi connectivity index (χ4n) is 11.8. The maximum Gasteiger partial charge on any atom is 0.402 e. The van der Waals surface area contributed by atoms with Gasteiger partial charge in [0.15, 0.2) is 47.1 Å². The number of aliphatic hydroxyl groups is 16. The first kappa shape index (κ1) is 80.1. The lowest BCUT2D eigenvalue weighted by atomic mass is 9.96. The van der Waals surface area contributed by atoms with E-state index in [1.54, 1.807) is 0 Å². The second-order valence-electron chi connectivity index (χ2n) is 24.7. The SMILES string of the molecule is COc1cc(/C=C/C(=O)OCC2OC(Oc3cc(O)c4cc(OC5OC(COC6OC(COC(=O)/C=C/c7cc(OC)c(O)c(OC)c7)C(O)C(OC7OC(CO)C(O)C(O)C7O)C6O)C(O)C(O)C5O)c(-c5ccc(O)c(OC6OC(CO)C(O)C(O)C6O)c5)[o+]c4c3)C(O)C(O)C2O)cc(OC)c1O. The molecule has 5 fully saturated rings. The van der Waals surface area contributed by atoms with Gasteiger partial charge in [-0.3, -0.25) is 0 Å². The molecule has 582 valence electrons. The molecule has 5 saturated heterocycles. The van der Waals surface area contributed by atoms with E-state index in [2.05, 4.69) is 0 Å². The molecule has 0 saturated carbocycles. The van der Waals surface area contributed by atoms with Gasteiger partial charge in [-0.2, -0.15) is 0 Å². The van der Waals surface area contributed by atoms with Crippen molar-refractivity contribution >= 4 is 35.1 Å². The minimum Gasteiger partial charge on any atom is -0.507 e. The molecule has 5 aromatic rings. The van der Waals surface area contributed by atoms with Crippen LogP contribution in [0.15, 0.2) is 77.2 Å². The van der Waals surface area contributed by atoms with Crippen LogP contribution >= 0.6 is 0 Å². The zero-order valence-corrected chi connectivity index (χ0v) is 56.3. The Hall–Kier alpha value is -8.41. The van der Waals surface area contributed by atoms with Gasteiger partial charge in [-0.25, -0.2) is 14.0 Å². The third-order valence-electron chi connectivity index (χ3n) is 17.8. The van der Waals surface area contributed by atoms with E-state index in [-0.39, 0.29) is 62.3 Å². The summed E-state index contributed by atoms with van der Waals surface area (Å²) in [7, 11) is 5.13. The van der Waals surface area contributed by atoms with E-state index in [9.17, 15) is 112 Å². The number of fused-ring (bicyclic) bond motifs is 1. The fourth-order valence-corrected chi connectivity index (χ4v) is 11.8. The molecule has 25 atom stereocenters. The smallest absolute Gasteiger partial charge is 0.402 e. The lowest BCUT2D eigenvalue weighted by Crippen LogP contribution is -2.65. The van der Waals surface area contributed by atoms with Gasteiger partial charge in [-0.05, 0) is 59.7 Å². The van der Waals surface area contributed by atoms with E-state index < -0.39 is 227 Å². The number of hydrogen-bond donors (Lipinski definition) is 20. The Labute approximate surface area is 598 Å². The predicted octanol–water partition coefficient (Wildman–Crippen LogP) is -5.05. The van der Waals surface area contributed by atoms with Crippen molar-refractivity contribution in [1.29, 1.82) is 0 Å². The Bertz CT molecular complexity index is 3840. The van der Waals surface area contributed by atoms with Crippen molar-refractivity contribution in [1.82, 2.24) is 0 Å². The molecule has 0 spiro atoms. The normalized spacial score (nSPS) is 33.4. The standard InChI is InChI=1S/C67H80O39/c1-90-33-11-24(12-34(91-2)45(33)74)5-9-43(72)94-21-40-49(78)54(83)56(85)64(104-40)97-27-16-30(71)28-18-37(61(98-31(28)17-27)26-7-8-29(70)32(15-26)99-65-57(86)52(81)47(76)38(19-68)101-65)100-66-58(87)55(84)50(79)41(105-66)23-96-63-60(89)62(106-67-59(88)53(82)48(77)39(20-69)102-67)51(80)42(103-63)22-95-44(73)10-6-25-13-35(92-3)46(75)36(14-25)93-4/h5-18,38-42,47-60,62-69,76-89H,19-23H2,1-4H3,(H3-,70,71,72,73,74,75)/p+1. The Morgan fingerprint density at radius 1 is 0.415 bits per heavy atom. The molecular weight excluding hydrogens is 1430 g/mol. The maximum absolute atomic E-state index is 13.2. The van der Waals surface area contributed by atoms with Gasteiger partial charge < -0.3 is 178 Å². The van der Waals surface area contributed by atoms with E-state index in [0.717, 1.165) is 42.5 Å². The van der Waals surface area contributed by atoms with Crippen LogP contribution in [0, 0.1) is 0 Å². The summed E-state index contributed by atoms with van der Waals surface area (Å²) in [5, 5.41) is 218. The molecule has 6 heterocycles. The van der Waals surface area contributed by atoms with Gasteiger partial charge >= 0.3 is 23.3 Å². The number of carbonyl (C=O) groups excluding carboxylic acids is 2. The fraction of sp³-hybridized carbons (Fsp3) is 0.507. The molecule has 5 aliphatic heterocycles. The number of esters is 2. The summed E-state index contributed by atoms with van der Waals surface area (Å²) < 4.78 is 95.8. The van der Waals surface area contributed by atoms with Crippen LogP contribution in [-0.4, -0.2) is 329 Å². The average Bonchev–Trinajstić information content (AvgIpc) is 0.767. The minimum absolute atomic E-state index is 0.0169. The molecular formula is C67H81O39+. The van der Waals surface area contributed by atoms with Crippen molar-refractivity contribution in [2.75, 3.05) is 61.5 Å². The van der Waals surface area contributed by atoms with Gasteiger partial charge in [-0.1, -0.05) is 0 Å². The van der Waals surface area contributed by atoms with Crippen molar-refractivity contribution < 1.29 is 192 Å². The molecule has 0 aliphatic carbocycles. The Balaban J connectivity index is 0.917. The largest absolute Gasteiger partial charge is 0.507 e. The summed E-state index contributed by atoms with van der Waals surface area (Å²) in [6.07, 6.45) is -44.3. The number of aliphatic hydroxyl groups excluding tert-OH is 16. The third-order valence-corrected chi connectivity index (χ3v) is 17.8. The van der Waals surface area contributed by atoms with E-state index >= 15 is 0 Å². The molecule has 106 heavy (non-hydrogen) atoms. The lowest BCUT2D eigenvalue weighted by molar-refractivity contribution is -0.364. The first-order valence-electron chi connectivity index (χ1n) is 32.4. The second kappa shape index (κ2) is 34.7. The number of benzene rings is 4. The molecule has 39 heteroatoms. The third kappa shape index (κ3) is 17.4. The average molecular weight is 1510 g/mol. The van der Waals surface area contributed by atoms with Crippen molar-refractivity contribution in [2.24, 2.45) is 0 Å². The van der Waals surface area contributed by atoms with Crippen LogP contribution in [0.3, 0.4) is 0 Å². The highest BCUT2D eigenvalue weighted by Gasteiger charge is 2.54. The number of phenolic OH excluding ortho intramolecular Hbond substituents is 4. The van der Waals surface area contributed by atoms with Crippen LogP contribution < -0.4 is 33.2 Å². The number of carbonyl (C=O) groups is 2. The lowest BCUT2D eigenvalue weighted by Gasteiger charge is -2.46. The van der Waals surface area contributed by atoms with E-state index in [1.807, 2.05) is 0 Å². The van der Waals surface area contributed by atoms with Gasteiger partial charge in [0.25, 0.3) is 0 Å². The zero-order valence-electron chi connectivity index (χ0n) is 56.3. The predicted molar refractivity (Wildman–Crippen MR) is 346 cm³/mol. The number of aromatic hydroxyl groups is 4. The molecule has 4 aromatic carbocycles. The zero-order chi connectivity index (χ0) is 76.9. The van der Waals surface area contributed by atoms with Gasteiger partial charge in [0.05, 0.1) is 59.9 Å². The number of hydrogen-bond acceptors (Lipinski definition) is 38. The number of phenols is 4. The monoisotopic (exact) mass is 1510 g/mol. The topological polar surface area (TPSA) is 598 Å². The molecule has 1 aromatic heterocycles. The van der Waals surface area contributed by atoms with Crippen LogP contribution in [0.5, 0.6) is 63.2 Å². The molecule has 0 bridgehead atoms. The molecule has 0 amide bonds. The van der Waals surface area contributed by atoms with Crippen LogP contribution in [0.1, 0.15) is 11.1 Å². The first-order chi connectivity index (χ1) is 50.5. The molecule has 25 unspecified atom stereocenters. The highest BCUT2D eigenvalue weighted by atomic mass is 16.8. The number of methoxy groups -OCH3 is 4. The first-order valence-corrected chi connectivity index (χ1v) is 32.4. The summed E-state index contributed by atoms with van der Waals surface area (Å²) in [6.45, 7) is -4.37. The Morgan fingerprint density at radius 2 is 0.830 bits per heavy atom. The summed E-state index contributed by atoms with van der Waals surface area (Å²) in [5.74, 6) is -5.98. The second-order valence-corrected chi connectivity index (χ2v) is 24.7. The van der Waals surface area contributed by atoms with Crippen LogP contribution in [0.25, 0.3) is 34.4 Å². The van der Waals surface area contributed by atoms with E-state index in [4.69, 9.17) is 80.2 Å². The molecule has 10 rings (SSSR count).